The van der Waals surface area contributed by atoms with E-state index in [4.69, 9.17) is 0 Å². The average Bonchev–Trinajstić information content (AvgIpc) is 1.61. The molecule has 0 radical (unpaired) electrons. The van der Waals surface area contributed by atoms with Crippen molar-refractivity contribution in [3.8, 4) is 0 Å². The third-order valence-corrected chi connectivity index (χ3v) is 1.35. The second kappa shape index (κ2) is 4.15. The first-order valence-corrected chi connectivity index (χ1v) is 3.18. The van der Waals surface area contributed by atoms with Gasteiger partial charge in [0, 0.05) is 6.92 Å². The van der Waals surface area contributed by atoms with E-state index < -0.39 is 0 Å². The Kier molecular flexibility index (Phi) is 4.14. The summed E-state index contributed by atoms with van der Waals surface area (Å²) in [6, 6.07) is 0. The topological polar surface area (TPSA) is 44.7 Å². The minimum Gasteiger partial charge on any atom is -0.357 e. The highest BCUT2D eigenvalue weighted by Crippen LogP contribution is 1.96. The normalized spacial score (nSPS) is 8.86. The Morgan fingerprint density at radius 3 is 2.57 bits per heavy atom. The summed E-state index contributed by atoms with van der Waals surface area (Å²) in [5.41, 5.74) is 3.58. The van der Waals surface area contributed by atoms with Gasteiger partial charge in [-0.3, -0.25) is 4.79 Å². The number of thioether (sulfide) groups is 1. The van der Waals surface area contributed by atoms with Crippen LogP contribution in [0.1, 0.15) is 6.92 Å². The molecule has 0 spiro atoms. The SMILES string of the molecule is CC(=O)SCC[NH3+]. The molecule has 7 heavy (non-hydrogen) atoms. The van der Waals surface area contributed by atoms with Crippen LogP contribution in [0, 0.1) is 0 Å². The molecule has 3 heteroatoms. The maximum atomic E-state index is 10.1. The largest absolute Gasteiger partial charge is 0.357 e. The van der Waals surface area contributed by atoms with Crippen molar-refractivity contribution in [2.45, 2.75) is 6.92 Å². The van der Waals surface area contributed by atoms with E-state index >= 15 is 0 Å². The van der Waals surface area contributed by atoms with Gasteiger partial charge >= 0.3 is 0 Å². The lowest BCUT2D eigenvalue weighted by molar-refractivity contribution is -0.360. The summed E-state index contributed by atoms with van der Waals surface area (Å²) in [5, 5.41) is 0.184. The fourth-order valence-electron chi connectivity index (χ4n) is 0.216. The van der Waals surface area contributed by atoms with E-state index in [2.05, 4.69) is 5.73 Å². The molecule has 0 aliphatic rings. The Morgan fingerprint density at radius 2 is 2.43 bits per heavy atom. The number of quaternary nitrogens is 1. The van der Waals surface area contributed by atoms with Crippen LogP contribution >= 0.6 is 11.8 Å². The molecule has 0 fully saturated rings. The first kappa shape index (κ1) is 6.98. The summed E-state index contributed by atoms with van der Waals surface area (Å²) in [4.78, 5) is 10.1. The van der Waals surface area contributed by atoms with Crippen LogP contribution in [0.15, 0.2) is 0 Å². The molecule has 0 aromatic heterocycles. The zero-order chi connectivity index (χ0) is 5.70. The van der Waals surface area contributed by atoms with Gasteiger partial charge < -0.3 is 5.73 Å². The molecule has 0 heterocycles. The smallest absolute Gasteiger partial charge is 0.186 e. The van der Waals surface area contributed by atoms with Crippen LogP contribution in [0.4, 0.5) is 0 Å². The summed E-state index contributed by atoms with van der Waals surface area (Å²) in [6.45, 7) is 2.41. The number of hydrogen-bond acceptors (Lipinski definition) is 2. The molecule has 0 aromatic carbocycles. The van der Waals surface area contributed by atoms with E-state index in [1.165, 1.54) is 11.8 Å². The predicted molar refractivity (Wildman–Crippen MR) is 30.9 cm³/mol. The van der Waals surface area contributed by atoms with Gasteiger partial charge in [-0.25, -0.2) is 0 Å². The lowest BCUT2D eigenvalue weighted by Gasteiger charge is -1.84. The van der Waals surface area contributed by atoms with Crippen LogP contribution in [0.3, 0.4) is 0 Å². The van der Waals surface area contributed by atoms with Crippen molar-refractivity contribution >= 4 is 16.9 Å². The monoisotopic (exact) mass is 120 g/mol. The molecule has 0 saturated carbocycles. The Labute approximate surface area is 47.5 Å². The van der Waals surface area contributed by atoms with Crippen LogP contribution in [0.5, 0.6) is 0 Å². The molecule has 0 aliphatic heterocycles. The van der Waals surface area contributed by atoms with Crippen LogP contribution in [0.2, 0.25) is 0 Å². The Bertz CT molecular complexity index is 64.7. The number of hydrogen-bond donors (Lipinski definition) is 1. The highest BCUT2D eigenvalue weighted by atomic mass is 32.2. The van der Waals surface area contributed by atoms with E-state index in [0.717, 1.165) is 12.3 Å². The molecule has 0 aliphatic carbocycles. The molecule has 0 atom stereocenters. The van der Waals surface area contributed by atoms with Crippen LogP contribution in [0.25, 0.3) is 0 Å². The van der Waals surface area contributed by atoms with Gasteiger partial charge in [0.2, 0.25) is 0 Å². The van der Waals surface area contributed by atoms with Crippen molar-refractivity contribution in [2.24, 2.45) is 0 Å². The molecule has 0 unspecified atom stereocenters. The third kappa shape index (κ3) is 5.98. The fourth-order valence-corrected chi connectivity index (χ4v) is 0.648. The summed E-state index contributed by atoms with van der Waals surface area (Å²) >= 11 is 1.33. The molecule has 3 N–H and O–H groups in total. The Hall–Kier alpha value is -0.0200. The molecule has 2 nitrogen and oxygen atoms in total. The third-order valence-electron chi connectivity index (χ3n) is 0.450. The fraction of sp³-hybridized carbons (Fsp3) is 0.750. The highest BCUT2D eigenvalue weighted by molar-refractivity contribution is 8.13. The van der Waals surface area contributed by atoms with E-state index in [-0.39, 0.29) is 5.12 Å². The Balaban J connectivity index is 2.82. The van der Waals surface area contributed by atoms with Crippen LogP contribution in [-0.4, -0.2) is 17.4 Å². The van der Waals surface area contributed by atoms with Gasteiger partial charge in [-0.15, -0.1) is 0 Å². The second-order valence-corrected chi connectivity index (χ2v) is 2.47. The molecule has 0 saturated heterocycles. The zero-order valence-corrected chi connectivity index (χ0v) is 5.25. The molecule has 0 rings (SSSR count). The van der Waals surface area contributed by atoms with Gasteiger partial charge in [0.05, 0.1) is 12.3 Å². The van der Waals surface area contributed by atoms with Crippen LogP contribution in [-0.2, 0) is 4.79 Å². The quantitative estimate of drug-likeness (QED) is 0.534. The average molecular weight is 120 g/mol. The van der Waals surface area contributed by atoms with Crippen molar-refractivity contribution in [3.05, 3.63) is 0 Å². The minimum atomic E-state index is 0.184. The standard InChI is InChI=1S/C4H9NOS/c1-4(6)7-3-2-5/h2-3,5H2,1H3/p+1. The van der Waals surface area contributed by atoms with E-state index in [1.807, 2.05) is 0 Å². The van der Waals surface area contributed by atoms with Crippen molar-refractivity contribution < 1.29 is 10.5 Å². The van der Waals surface area contributed by atoms with Gasteiger partial charge in [-0.1, -0.05) is 11.8 Å². The molecular formula is C4H10NOS+. The van der Waals surface area contributed by atoms with Crippen molar-refractivity contribution in [2.75, 3.05) is 12.3 Å². The Morgan fingerprint density at radius 1 is 1.86 bits per heavy atom. The first-order valence-electron chi connectivity index (χ1n) is 2.20. The minimum absolute atomic E-state index is 0.184. The van der Waals surface area contributed by atoms with Crippen molar-refractivity contribution in [1.29, 1.82) is 0 Å². The molecule has 42 valence electrons. The second-order valence-electron chi connectivity index (χ2n) is 1.19. The van der Waals surface area contributed by atoms with Gasteiger partial charge in [-0.2, -0.15) is 0 Å². The molecule has 0 bridgehead atoms. The summed E-state index contributed by atoms with van der Waals surface area (Å²) < 4.78 is 0. The summed E-state index contributed by atoms with van der Waals surface area (Å²) in [6.07, 6.45) is 0. The zero-order valence-electron chi connectivity index (χ0n) is 4.44. The summed E-state index contributed by atoms with van der Waals surface area (Å²) in [5.74, 6) is 0.856. The van der Waals surface area contributed by atoms with Crippen molar-refractivity contribution in [1.82, 2.24) is 0 Å². The number of carbonyl (C=O) groups excluding carboxylic acids is 1. The first-order chi connectivity index (χ1) is 3.27. The van der Waals surface area contributed by atoms with Crippen molar-refractivity contribution in [3.63, 3.8) is 0 Å². The lowest BCUT2D eigenvalue weighted by Crippen LogP contribution is -2.51. The summed E-state index contributed by atoms with van der Waals surface area (Å²) in [7, 11) is 0. The molecule has 0 aromatic rings. The maximum Gasteiger partial charge on any atom is 0.186 e. The predicted octanol–water partition coefficient (Wildman–Crippen LogP) is -0.492. The highest BCUT2D eigenvalue weighted by Gasteiger charge is 1.89. The lowest BCUT2D eigenvalue weighted by atomic mass is 10.8. The van der Waals surface area contributed by atoms with E-state index in [1.54, 1.807) is 6.92 Å². The number of carbonyl (C=O) groups is 1. The number of rotatable bonds is 2. The molecule has 0 amide bonds. The van der Waals surface area contributed by atoms with Crippen LogP contribution < -0.4 is 5.73 Å². The van der Waals surface area contributed by atoms with Gasteiger partial charge in [0.15, 0.2) is 5.12 Å². The van der Waals surface area contributed by atoms with E-state index in [9.17, 15) is 4.79 Å². The maximum absolute atomic E-state index is 10.1. The van der Waals surface area contributed by atoms with Gasteiger partial charge in [0.25, 0.3) is 0 Å². The van der Waals surface area contributed by atoms with Gasteiger partial charge in [0.1, 0.15) is 0 Å². The molecular weight excluding hydrogens is 110 g/mol. The van der Waals surface area contributed by atoms with Gasteiger partial charge in [-0.05, 0) is 0 Å². The van der Waals surface area contributed by atoms with E-state index in [0.29, 0.717) is 0 Å².